The first kappa shape index (κ1) is 14.0. The van der Waals surface area contributed by atoms with Crippen LogP contribution in [0.4, 0.5) is 11.4 Å². The number of hydrogen-bond acceptors (Lipinski definition) is 4. The van der Waals surface area contributed by atoms with Crippen LogP contribution in [0.25, 0.3) is 0 Å². The molecule has 0 bridgehead atoms. The fourth-order valence-electron chi connectivity index (χ4n) is 1.29. The Bertz CT molecular complexity index is 471. The van der Waals surface area contributed by atoms with E-state index in [9.17, 15) is 20.0 Å². The first-order chi connectivity index (χ1) is 8.32. The third-order valence-electron chi connectivity index (χ3n) is 2.86. The van der Waals surface area contributed by atoms with Crippen LogP contribution < -0.4 is 5.32 Å². The van der Waals surface area contributed by atoms with Crippen molar-refractivity contribution in [3.8, 4) is 5.75 Å². The maximum Gasteiger partial charge on any atom is 0.271 e. The average Bonchev–Trinajstić information content (AvgIpc) is 2.30. The molecule has 6 heteroatoms. The van der Waals surface area contributed by atoms with Gasteiger partial charge in [0, 0.05) is 18.1 Å². The molecule has 1 atom stereocenters. The van der Waals surface area contributed by atoms with Crippen LogP contribution in [-0.2, 0) is 4.79 Å². The third kappa shape index (κ3) is 3.19. The van der Waals surface area contributed by atoms with Gasteiger partial charge in [-0.25, -0.2) is 0 Å². The second-order valence-electron chi connectivity index (χ2n) is 4.48. The third-order valence-corrected chi connectivity index (χ3v) is 2.86. The lowest BCUT2D eigenvalue weighted by Crippen LogP contribution is -2.24. The molecule has 0 fully saturated rings. The van der Waals surface area contributed by atoms with Gasteiger partial charge >= 0.3 is 0 Å². The molecule has 1 amide bonds. The summed E-state index contributed by atoms with van der Waals surface area (Å²) in [5.74, 6) is -0.569. The van der Waals surface area contributed by atoms with Crippen LogP contribution >= 0.6 is 0 Å². The minimum atomic E-state index is -0.582. The van der Waals surface area contributed by atoms with Crippen molar-refractivity contribution in [2.45, 2.75) is 20.8 Å². The van der Waals surface area contributed by atoms with Crippen molar-refractivity contribution in [2.24, 2.45) is 11.8 Å². The Labute approximate surface area is 105 Å². The largest absolute Gasteiger partial charge is 0.506 e. The molecule has 1 aromatic rings. The summed E-state index contributed by atoms with van der Waals surface area (Å²) in [6.45, 7) is 5.56. The van der Waals surface area contributed by atoms with E-state index in [2.05, 4.69) is 5.32 Å². The van der Waals surface area contributed by atoms with Gasteiger partial charge < -0.3 is 10.4 Å². The van der Waals surface area contributed by atoms with Crippen molar-refractivity contribution in [1.82, 2.24) is 0 Å². The first-order valence-electron chi connectivity index (χ1n) is 5.61. The molecular formula is C12H16N2O4. The number of amides is 1. The number of nitrogens with one attached hydrogen (secondary N) is 1. The molecule has 0 saturated heterocycles. The fourth-order valence-corrected chi connectivity index (χ4v) is 1.29. The molecule has 0 heterocycles. The van der Waals surface area contributed by atoms with Crippen LogP contribution in [0.1, 0.15) is 20.8 Å². The van der Waals surface area contributed by atoms with Gasteiger partial charge in [-0.1, -0.05) is 20.8 Å². The monoisotopic (exact) mass is 252 g/mol. The number of rotatable bonds is 4. The predicted molar refractivity (Wildman–Crippen MR) is 67.4 cm³/mol. The van der Waals surface area contributed by atoms with Crippen LogP contribution in [0, 0.1) is 22.0 Å². The lowest BCUT2D eigenvalue weighted by atomic mass is 9.97. The van der Waals surface area contributed by atoms with Crippen molar-refractivity contribution in [2.75, 3.05) is 5.32 Å². The Kier molecular flexibility index (Phi) is 4.25. The minimum absolute atomic E-state index is 0.0571. The summed E-state index contributed by atoms with van der Waals surface area (Å²) in [6.07, 6.45) is 0. The molecule has 2 N–H and O–H groups in total. The highest BCUT2D eigenvalue weighted by molar-refractivity contribution is 5.94. The second kappa shape index (κ2) is 5.48. The number of nitro groups is 1. The van der Waals surface area contributed by atoms with Gasteiger partial charge in [-0.05, 0) is 12.0 Å². The number of nitro benzene ring substituents is 1. The number of phenolic OH excluding ortho intramolecular Hbond substituents is 1. The van der Waals surface area contributed by atoms with E-state index in [1.165, 1.54) is 12.1 Å². The van der Waals surface area contributed by atoms with E-state index in [0.29, 0.717) is 0 Å². The summed E-state index contributed by atoms with van der Waals surface area (Å²) in [6, 6.07) is 3.50. The van der Waals surface area contributed by atoms with Gasteiger partial charge in [0.25, 0.3) is 5.69 Å². The molecular weight excluding hydrogens is 236 g/mol. The molecule has 0 radical (unpaired) electrons. The SMILES string of the molecule is CC(C)C(C)C(=O)Nc1cc([N+](=O)[O-])ccc1O. The molecule has 0 aliphatic rings. The summed E-state index contributed by atoms with van der Waals surface area (Å²) in [5.41, 5.74) is -0.123. The number of benzene rings is 1. The predicted octanol–water partition coefficient (Wildman–Crippen LogP) is 2.53. The van der Waals surface area contributed by atoms with E-state index in [4.69, 9.17) is 0 Å². The van der Waals surface area contributed by atoms with E-state index >= 15 is 0 Å². The van der Waals surface area contributed by atoms with E-state index in [-0.39, 0.29) is 34.9 Å². The zero-order valence-electron chi connectivity index (χ0n) is 10.5. The van der Waals surface area contributed by atoms with Gasteiger partial charge in [0.05, 0.1) is 10.6 Å². The van der Waals surface area contributed by atoms with E-state index < -0.39 is 4.92 Å². The van der Waals surface area contributed by atoms with Crippen LogP contribution in [0.5, 0.6) is 5.75 Å². The highest BCUT2D eigenvalue weighted by atomic mass is 16.6. The van der Waals surface area contributed by atoms with Gasteiger partial charge in [-0.15, -0.1) is 0 Å². The average molecular weight is 252 g/mol. The minimum Gasteiger partial charge on any atom is -0.506 e. The molecule has 1 rings (SSSR count). The highest BCUT2D eigenvalue weighted by Crippen LogP contribution is 2.28. The lowest BCUT2D eigenvalue weighted by molar-refractivity contribution is -0.384. The summed E-state index contributed by atoms with van der Waals surface area (Å²) in [5, 5.41) is 22.6. The Morgan fingerprint density at radius 1 is 1.39 bits per heavy atom. The van der Waals surface area contributed by atoms with Crippen molar-refractivity contribution in [1.29, 1.82) is 0 Å². The standard InChI is InChI=1S/C12H16N2O4/c1-7(2)8(3)12(16)13-10-6-9(14(17)18)4-5-11(10)15/h4-8,15H,1-3H3,(H,13,16). The van der Waals surface area contributed by atoms with E-state index in [0.717, 1.165) is 6.07 Å². The Morgan fingerprint density at radius 3 is 2.50 bits per heavy atom. The molecule has 0 spiro atoms. The van der Waals surface area contributed by atoms with E-state index in [1.54, 1.807) is 6.92 Å². The number of anilines is 1. The molecule has 1 unspecified atom stereocenters. The molecule has 98 valence electrons. The molecule has 1 aromatic carbocycles. The van der Waals surface area contributed by atoms with Crippen molar-refractivity contribution in [3.05, 3.63) is 28.3 Å². The molecule has 0 aliphatic carbocycles. The number of phenols is 1. The summed E-state index contributed by atoms with van der Waals surface area (Å²) in [4.78, 5) is 21.8. The number of hydrogen-bond donors (Lipinski definition) is 2. The number of non-ortho nitro benzene ring substituents is 1. The number of nitrogens with zero attached hydrogens (tertiary/aromatic N) is 1. The Hall–Kier alpha value is -2.11. The van der Waals surface area contributed by atoms with Crippen molar-refractivity contribution >= 4 is 17.3 Å². The molecule has 0 aliphatic heterocycles. The quantitative estimate of drug-likeness (QED) is 0.489. The van der Waals surface area contributed by atoms with Crippen LogP contribution in [0.2, 0.25) is 0 Å². The van der Waals surface area contributed by atoms with Gasteiger partial charge in [-0.2, -0.15) is 0 Å². The Balaban J connectivity index is 2.93. The maximum absolute atomic E-state index is 11.8. The lowest BCUT2D eigenvalue weighted by Gasteiger charge is -2.15. The smallest absolute Gasteiger partial charge is 0.271 e. The molecule has 6 nitrogen and oxygen atoms in total. The molecule has 18 heavy (non-hydrogen) atoms. The normalized spacial score (nSPS) is 12.2. The van der Waals surface area contributed by atoms with E-state index in [1.807, 2.05) is 13.8 Å². The first-order valence-corrected chi connectivity index (χ1v) is 5.61. The van der Waals surface area contributed by atoms with Gasteiger partial charge in [0.1, 0.15) is 5.75 Å². The second-order valence-corrected chi connectivity index (χ2v) is 4.48. The van der Waals surface area contributed by atoms with Crippen LogP contribution in [-0.4, -0.2) is 15.9 Å². The number of aromatic hydroxyl groups is 1. The summed E-state index contributed by atoms with van der Waals surface area (Å²) >= 11 is 0. The van der Waals surface area contributed by atoms with Gasteiger partial charge in [-0.3, -0.25) is 14.9 Å². The summed E-state index contributed by atoms with van der Waals surface area (Å²) in [7, 11) is 0. The van der Waals surface area contributed by atoms with Crippen molar-refractivity contribution in [3.63, 3.8) is 0 Å². The summed E-state index contributed by atoms with van der Waals surface area (Å²) < 4.78 is 0. The van der Waals surface area contributed by atoms with Gasteiger partial charge in [0.2, 0.25) is 5.91 Å². The van der Waals surface area contributed by atoms with Crippen LogP contribution in [0.15, 0.2) is 18.2 Å². The topological polar surface area (TPSA) is 92.5 Å². The number of carbonyl (C=O) groups is 1. The Morgan fingerprint density at radius 2 is 2.00 bits per heavy atom. The van der Waals surface area contributed by atoms with Crippen molar-refractivity contribution < 1.29 is 14.8 Å². The maximum atomic E-state index is 11.8. The molecule has 0 saturated carbocycles. The van der Waals surface area contributed by atoms with Gasteiger partial charge in [0.15, 0.2) is 0 Å². The van der Waals surface area contributed by atoms with Crippen LogP contribution in [0.3, 0.4) is 0 Å². The molecule has 0 aromatic heterocycles. The fraction of sp³-hybridized carbons (Fsp3) is 0.417. The number of carbonyl (C=O) groups excluding carboxylic acids is 1. The zero-order valence-corrected chi connectivity index (χ0v) is 10.5. The zero-order chi connectivity index (χ0) is 13.9. The highest BCUT2D eigenvalue weighted by Gasteiger charge is 2.19.